The van der Waals surface area contributed by atoms with Crippen molar-refractivity contribution in [1.82, 2.24) is 4.57 Å². The van der Waals surface area contributed by atoms with Crippen LogP contribution in [0.3, 0.4) is 0 Å². The lowest BCUT2D eigenvalue weighted by Crippen LogP contribution is -1.96. The fraction of sp³-hybridized carbons (Fsp3) is 0.385. The van der Waals surface area contributed by atoms with Gasteiger partial charge in [0.1, 0.15) is 5.75 Å². The molecule has 0 saturated carbocycles. The molecular formula is C13H17NOS. The average molecular weight is 235 g/mol. The summed E-state index contributed by atoms with van der Waals surface area (Å²) < 4.78 is 2.16. The number of hydrogen-bond donors (Lipinski definition) is 1. The summed E-state index contributed by atoms with van der Waals surface area (Å²) in [6.45, 7) is 4.41. The van der Waals surface area contributed by atoms with Crippen molar-refractivity contribution < 1.29 is 5.11 Å². The molecule has 0 aliphatic rings. The van der Waals surface area contributed by atoms with E-state index in [1.54, 1.807) is 6.07 Å². The number of benzene rings is 1. The minimum Gasteiger partial charge on any atom is -0.508 e. The molecule has 1 aromatic heterocycles. The van der Waals surface area contributed by atoms with Crippen molar-refractivity contribution in [1.29, 1.82) is 0 Å². The van der Waals surface area contributed by atoms with Gasteiger partial charge in [-0.15, -0.1) is 0 Å². The minimum absolute atomic E-state index is 0.330. The highest BCUT2D eigenvalue weighted by Crippen LogP contribution is 2.26. The van der Waals surface area contributed by atoms with Crippen molar-refractivity contribution >= 4 is 22.7 Å². The molecule has 0 saturated heterocycles. The zero-order chi connectivity index (χ0) is 11.7. The van der Waals surface area contributed by atoms with E-state index in [1.807, 2.05) is 23.9 Å². The molecule has 2 rings (SSSR count). The van der Waals surface area contributed by atoms with Crippen molar-refractivity contribution in [3.8, 4) is 5.75 Å². The maximum absolute atomic E-state index is 9.46. The van der Waals surface area contributed by atoms with E-state index in [2.05, 4.69) is 31.5 Å². The highest BCUT2D eigenvalue weighted by Gasteiger charge is 2.07. The normalized spacial score (nSPS) is 11.5. The van der Waals surface area contributed by atoms with Gasteiger partial charge in [-0.2, -0.15) is 11.8 Å². The van der Waals surface area contributed by atoms with Gasteiger partial charge in [-0.25, -0.2) is 0 Å². The van der Waals surface area contributed by atoms with Gasteiger partial charge in [-0.1, -0.05) is 13.8 Å². The molecule has 0 atom stereocenters. The molecule has 1 aromatic carbocycles. The van der Waals surface area contributed by atoms with Crippen LogP contribution in [0.25, 0.3) is 10.9 Å². The highest BCUT2D eigenvalue weighted by molar-refractivity contribution is 7.99. The predicted octanol–water partition coefficient (Wildman–Crippen LogP) is 3.53. The molecule has 86 valence electrons. The first-order valence-electron chi connectivity index (χ1n) is 5.47. The lowest BCUT2D eigenvalue weighted by Gasteiger charge is -2.06. The summed E-state index contributed by atoms with van der Waals surface area (Å²) in [7, 11) is 2.05. The van der Waals surface area contributed by atoms with Crippen LogP contribution in [-0.2, 0) is 12.8 Å². The molecule has 0 bridgehead atoms. The summed E-state index contributed by atoms with van der Waals surface area (Å²) in [6.07, 6.45) is 0. The average Bonchev–Trinajstić information content (AvgIpc) is 2.53. The van der Waals surface area contributed by atoms with Crippen LogP contribution in [0, 0.1) is 0 Å². The van der Waals surface area contributed by atoms with Gasteiger partial charge in [0.15, 0.2) is 0 Å². The van der Waals surface area contributed by atoms with E-state index in [-0.39, 0.29) is 0 Å². The fourth-order valence-electron chi connectivity index (χ4n) is 1.77. The molecule has 0 radical (unpaired) electrons. The molecule has 2 nitrogen and oxygen atoms in total. The third-order valence-electron chi connectivity index (χ3n) is 2.69. The zero-order valence-electron chi connectivity index (χ0n) is 9.90. The number of hydrogen-bond acceptors (Lipinski definition) is 2. The van der Waals surface area contributed by atoms with Crippen LogP contribution < -0.4 is 0 Å². The third-order valence-corrected chi connectivity index (χ3v) is 3.82. The summed E-state index contributed by atoms with van der Waals surface area (Å²) in [6, 6.07) is 7.72. The topological polar surface area (TPSA) is 25.2 Å². The predicted molar refractivity (Wildman–Crippen MR) is 71.0 cm³/mol. The van der Waals surface area contributed by atoms with E-state index < -0.39 is 0 Å². The fourth-order valence-corrected chi connectivity index (χ4v) is 2.55. The zero-order valence-corrected chi connectivity index (χ0v) is 10.7. The lowest BCUT2D eigenvalue weighted by molar-refractivity contribution is 0.476. The van der Waals surface area contributed by atoms with Gasteiger partial charge in [-0.3, -0.25) is 0 Å². The van der Waals surface area contributed by atoms with Gasteiger partial charge in [0.25, 0.3) is 0 Å². The summed E-state index contributed by atoms with van der Waals surface area (Å²) in [4.78, 5) is 0. The van der Waals surface area contributed by atoms with Gasteiger partial charge >= 0.3 is 0 Å². The SMILES string of the molecule is CC(C)SCc1cc2ccc(O)cc2n1C. The summed E-state index contributed by atoms with van der Waals surface area (Å²) in [5, 5.41) is 11.3. The van der Waals surface area contributed by atoms with Gasteiger partial charge in [0.2, 0.25) is 0 Å². The summed E-state index contributed by atoms with van der Waals surface area (Å²) >= 11 is 1.93. The second-order valence-corrected chi connectivity index (χ2v) is 5.86. The Morgan fingerprint density at radius 3 is 2.75 bits per heavy atom. The Morgan fingerprint density at radius 2 is 2.06 bits per heavy atom. The Bertz CT molecular complexity index is 502. The van der Waals surface area contributed by atoms with Crippen LogP contribution in [0.1, 0.15) is 19.5 Å². The van der Waals surface area contributed by atoms with Crippen molar-refractivity contribution in [3.63, 3.8) is 0 Å². The first-order valence-corrected chi connectivity index (χ1v) is 6.51. The van der Waals surface area contributed by atoms with E-state index in [4.69, 9.17) is 0 Å². The molecular weight excluding hydrogens is 218 g/mol. The highest BCUT2D eigenvalue weighted by atomic mass is 32.2. The molecule has 0 unspecified atom stereocenters. The quantitative estimate of drug-likeness (QED) is 0.880. The van der Waals surface area contributed by atoms with Gasteiger partial charge in [-0.05, 0) is 23.4 Å². The number of aromatic nitrogens is 1. The second-order valence-electron chi connectivity index (χ2n) is 4.30. The van der Waals surface area contributed by atoms with E-state index in [9.17, 15) is 5.11 Å². The molecule has 0 amide bonds. The van der Waals surface area contributed by atoms with E-state index in [0.29, 0.717) is 11.0 Å². The van der Waals surface area contributed by atoms with Crippen LogP contribution >= 0.6 is 11.8 Å². The molecule has 16 heavy (non-hydrogen) atoms. The van der Waals surface area contributed by atoms with E-state index in [0.717, 1.165) is 11.3 Å². The lowest BCUT2D eigenvalue weighted by atomic mass is 10.2. The van der Waals surface area contributed by atoms with E-state index in [1.165, 1.54) is 11.1 Å². The number of aryl methyl sites for hydroxylation is 1. The molecule has 0 aliphatic heterocycles. The Hall–Kier alpha value is -1.09. The number of phenols is 1. The molecule has 1 N–H and O–H groups in total. The number of phenolic OH excluding ortho intramolecular Hbond substituents is 1. The molecule has 0 fully saturated rings. The number of nitrogens with zero attached hydrogens (tertiary/aromatic N) is 1. The number of thioether (sulfide) groups is 1. The second kappa shape index (κ2) is 4.42. The van der Waals surface area contributed by atoms with Crippen molar-refractivity contribution in [2.75, 3.05) is 0 Å². The number of fused-ring (bicyclic) bond motifs is 1. The maximum atomic E-state index is 9.46. The minimum atomic E-state index is 0.330. The standard InChI is InChI=1S/C13H17NOS/c1-9(2)16-8-11-6-10-4-5-12(15)7-13(10)14(11)3/h4-7,9,15H,8H2,1-3H3. The van der Waals surface area contributed by atoms with Crippen molar-refractivity contribution in [2.45, 2.75) is 24.9 Å². The number of aromatic hydroxyl groups is 1. The molecule has 1 heterocycles. The Labute approximate surface area is 100 Å². The van der Waals surface area contributed by atoms with Gasteiger partial charge in [0, 0.05) is 29.9 Å². The molecule has 2 aromatic rings. The van der Waals surface area contributed by atoms with E-state index >= 15 is 0 Å². The Balaban J connectivity index is 2.36. The third kappa shape index (κ3) is 2.19. The van der Waals surface area contributed by atoms with Gasteiger partial charge in [0.05, 0.1) is 5.52 Å². The largest absolute Gasteiger partial charge is 0.508 e. The smallest absolute Gasteiger partial charge is 0.117 e. The Kier molecular flexibility index (Phi) is 3.15. The first kappa shape index (κ1) is 11.4. The summed E-state index contributed by atoms with van der Waals surface area (Å²) in [5.74, 6) is 1.35. The van der Waals surface area contributed by atoms with Crippen LogP contribution in [0.5, 0.6) is 5.75 Å². The van der Waals surface area contributed by atoms with Gasteiger partial charge < -0.3 is 9.67 Å². The molecule has 0 aliphatic carbocycles. The van der Waals surface area contributed by atoms with Crippen LogP contribution in [0.15, 0.2) is 24.3 Å². The first-order chi connectivity index (χ1) is 7.58. The Morgan fingerprint density at radius 1 is 1.31 bits per heavy atom. The van der Waals surface area contributed by atoms with Crippen LogP contribution in [0.4, 0.5) is 0 Å². The summed E-state index contributed by atoms with van der Waals surface area (Å²) in [5.41, 5.74) is 2.40. The van der Waals surface area contributed by atoms with Crippen molar-refractivity contribution in [2.24, 2.45) is 7.05 Å². The molecule has 3 heteroatoms. The van der Waals surface area contributed by atoms with Crippen molar-refractivity contribution in [3.05, 3.63) is 30.0 Å². The number of rotatable bonds is 3. The molecule has 0 spiro atoms. The van der Waals surface area contributed by atoms with Crippen LogP contribution in [0.2, 0.25) is 0 Å². The monoisotopic (exact) mass is 235 g/mol. The maximum Gasteiger partial charge on any atom is 0.117 e. The van der Waals surface area contributed by atoms with Crippen LogP contribution in [-0.4, -0.2) is 14.9 Å².